The number of benzene rings is 1. The molecule has 4 aromatic rings. The van der Waals surface area contributed by atoms with Crippen molar-refractivity contribution in [2.45, 2.75) is 25.3 Å². The van der Waals surface area contributed by atoms with Crippen molar-refractivity contribution in [1.82, 2.24) is 24.9 Å². The standard InChI is InChI=1S/C24H25ClN8/c1-27-20-18(25)16(6-9-28-20)17-13-29-21-22(30-17)32-23(31-21)33-10-7-24(8-11-33)12-14-4-2-3-5-15(14)19(24)26/h2-6,9,13,19H,7-8,10-12,26H2,1H3,(H,27,28)(H,29,30,31,32)/t19-/m1/s1. The number of aromatic nitrogens is 5. The van der Waals surface area contributed by atoms with Crippen LogP contribution in [0.5, 0.6) is 0 Å². The molecule has 1 atom stereocenters. The van der Waals surface area contributed by atoms with Crippen molar-refractivity contribution in [3.8, 4) is 11.3 Å². The Hall–Kier alpha value is -3.23. The van der Waals surface area contributed by atoms with Gasteiger partial charge in [-0.2, -0.15) is 4.98 Å². The summed E-state index contributed by atoms with van der Waals surface area (Å²) in [4.78, 5) is 23.9. The minimum atomic E-state index is 0.102. The van der Waals surface area contributed by atoms with Crippen molar-refractivity contribution in [1.29, 1.82) is 0 Å². The number of anilines is 2. The number of aromatic amines is 1. The van der Waals surface area contributed by atoms with Crippen molar-refractivity contribution in [3.05, 3.63) is 58.9 Å². The van der Waals surface area contributed by atoms with Gasteiger partial charge in [-0.25, -0.2) is 15.0 Å². The summed E-state index contributed by atoms with van der Waals surface area (Å²) in [6, 6.07) is 10.5. The predicted octanol–water partition coefficient (Wildman–Crippen LogP) is 3.95. The lowest BCUT2D eigenvalue weighted by atomic mass is 9.73. The highest BCUT2D eigenvalue weighted by atomic mass is 35.5. The van der Waals surface area contributed by atoms with E-state index in [1.54, 1.807) is 19.4 Å². The molecule has 0 amide bonds. The van der Waals surface area contributed by atoms with Gasteiger partial charge in [-0.1, -0.05) is 35.9 Å². The zero-order valence-corrected chi connectivity index (χ0v) is 19.1. The van der Waals surface area contributed by atoms with Gasteiger partial charge in [-0.05, 0) is 41.9 Å². The fourth-order valence-electron chi connectivity index (χ4n) is 5.35. The number of hydrogen-bond donors (Lipinski definition) is 3. The van der Waals surface area contributed by atoms with Crippen LogP contribution in [-0.4, -0.2) is 45.1 Å². The van der Waals surface area contributed by atoms with Crippen LogP contribution in [0, 0.1) is 5.41 Å². The maximum atomic E-state index is 6.72. The maximum Gasteiger partial charge on any atom is 0.206 e. The van der Waals surface area contributed by atoms with Gasteiger partial charge in [-0.3, -0.25) is 0 Å². The van der Waals surface area contributed by atoms with Crippen LogP contribution in [0.3, 0.4) is 0 Å². The second-order valence-corrected chi connectivity index (χ2v) is 9.34. The van der Waals surface area contributed by atoms with Crippen LogP contribution in [-0.2, 0) is 6.42 Å². The van der Waals surface area contributed by atoms with Gasteiger partial charge in [0.15, 0.2) is 11.3 Å². The van der Waals surface area contributed by atoms with Crippen LogP contribution in [0.25, 0.3) is 22.6 Å². The molecule has 33 heavy (non-hydrogen) atoms. The topological polar surface area (TPSA) is 109 Å². The highest BCUT2D eigenvalue weighted by Gasteiger charge is 2.46. The van der Waals surface area contributed by atoms with E-state index in [1.807, 2.05) is 6.07 Å². The molecule has 1 spiro atoms. The number of imidazole rings is 1. The highest BCUT2D eigenvalue weighted by molar-refractivity contribution is 6.35. The number of nitrogens with one attached hydrogen (secondary N) is 2. The lowest BCUT2D eigenvalue weighted by Gasteiger charge is -2.42. The molecule has 3 aromatic heterocycles. The van der Waals surface area contributed by atoms with Crippen molar-refractivity contribution >= 4 is 34.7 Å². The number of halogens is 1. The molecule has 4 heterocycles. The average molecular weight is 461 g/mol. The van der Waals surface area contributed by atoms with Gasteiger partial charge in [0.05, 0.1) is 16.9 Å². The molecule has 1 aliphatic carbocycles. The summed E-state index contributed by atoms with van der Waals surface area (Å²) < 4.78 is 0. The lowest BCUT2D eigenvalue weighted by Crippen LogP contribution is -2.44. The number of nitrogens with two attached hydrogens (primary N) is 1. The maximum absolute atomic E-state index is 6.72. The summed E-state index contributed by atoms with van der Waals surface area (Å²) in [7, 11) is 1.79. The van der Waals surface area contributed by atoms with E-state index in [-0.39, 0.29) is 11.5 Å². The van der Waals surface area contributed by atoms with Crippen LogP contribution in [0.4, 0.5) is 11.8 Å². The Morgan fingerprint density at radius 3 is 2.76 bits per heavy atom. The van der Waals surface area contributed by atoms with Crippen LogP contribution >= 0.6 is 11.6 Å². The lowest BCUT2D eigenvalue weighted by molar-refractivity contribution is 0.187. The van der Waals surface area contributed by atoms with E-state index in [9.17, 15) is 0 Å². The zero-order chi connectivity index (χ0) is 22.6. The Morgan fingerprint density at radius 1 is 1.15 bits per heavy atom. The number of pyridine rings is 1. The van der Waals surface area contributed by atoms with E-state index < -0.39 is 0 Å². The third-order valence-electron chi connectivity index (χ3n) is 7.25. The Kier molecular flexibility index (Phi) is 4.74. The van der Waals surface area contributed by atoms with E-state index in [1.165, 1.54) is 11.1 Å². The Labute approximate surface area is 196 Å². The molecule has 0 saturated carbocycles. The third-order valence-corrected chi connectivity index (χ3v) is 7.63. The smallest absolute Gasteiger partial charge is 0.206 e. The third kappa shape index (κ3) is 3.24. The molecule has 8 nitrogen and oxygen atoms in total. The van der Waals surface area contributed by atoms with Crippen molar-refractivity contribution in [2.75, 3.05) is 30.4 Å². The highest BCUT2D eigenvalue weighted by Crippen LogP contribution is 2.50. The zero-order valence-electron chi connectivity index (χ0n) is 18.3. The summed E-state index contributed by atoms with van der Waals surface area (Å²) in [5.74, 6) is 1.41. The molecule has 0 radical (unpaired) electrons. The van der Waals surface area contributed by atoms with Gasteiger partial charge >= 0.3 is 0 Å². The monoisotopic (exact) mass is 460 g/mol. The largest absolute Gasteiger partial charge is 0.372 e. The van der Waals surface area contributed by atoms with Crippen molar-refractivity contribution < 1.29 is 0 Å². The molecule has 1 aliphatic heterocycles. The van der Waals surface area contributed by atoms with Crippen LogP contribution in [0.15, 0.2) is 42.7 Å². The first kappa shape index (κ1) is 20.4. The van der Waals surface area contributed by atoms with Gasteiger partial charge in [-0.15, -0.1) is 0 Å². The summed E-state index contributed by atoms with van der Waals surface area (Å²) in [5, 5.41) is 3.51. The number of hydrogen-bond acceptors (Lipinski definition) is 7. The fourth-order valence-corrected chi connectivity index (χ4v) is 5.65. The molecule has 0 unspecified atom stereocenters. The number of nitrogens with zero attached hydrogens (tertiary/aromatic N) is 5. The number of piperidine rings is 1. The molecule has 1 fully saturated rings. The fraction of sp³-hybridized carbons (Fsp3) is 0.333. The van der Waals surface area contributed by atoms with Crippen molar-refractivity contribution in [2.24, 2.45) is 11.1 Å². The molecule has 1 aromatic carbocycles. The molecule has 168 valence electrons. The van der Waals surface area contributed by atoms with E-state index in [4.69, 9.17) is 27.3 Å². The van der Waals surface area contributed by atoms with E-state index in [2.05, 4.69) is 49.4 Å². The molecular formula is C24H25ClN8. The second-order valence-electron chi connectivity index (χ2n) is 8.96. The molecule has 6 rings (SSSR count). The van der Waals surface area contributed by atoms with Crippen LogP contribution in [0.2, 0.25) is 5.02 Å². The molecule has 0 bridgehead atoms. The molecular weight excluding hydrogens is 436 g/mol. The van der Waals surface area contributed by atoms with Gasteiger partial charge in [0, 0.05) is 37.9 Å². The molecule has 9 heteroatoms. The van der Waals surface area contributed by atoms with Gasteiger partial charge < -0.3 is 20.9 Å². The number of H-pyrrole nitrogens is 1. The first-order chi connectivity index (χ1) is 16.1. The van der Waals surface area contributed by atoms with Gasteiger partial charge in [0.1, 0.15) is 5.82 Å². The minimum Gasteiger partial charge on any atom is -0.372 e. The summed E-state index contributed by atoms with van der Waals surface area (Å²) >= 11 is 6.49. The first-order valence-electron chi connectivity index (χ1n) is 11.2. The van der Waals surface area contributed by atoms with E-state index in [0.29, 0.717) is 27.8 Å². The minimum absolute atomic E-state index is 0.102. The normalized spacial score (nSPS) is 19.2. The quantitative estimate of drug-likeness (QED) is 0.424. The number of rotatable bonds is 3. The molecule has 2 aliphatic rings. The summed E-state index contributed by atoms with van der Waals surface area (Å²) in [6.07, 6.45) is 6.53. The van der Waals surface area contributed by atoms with Gasteiger partial charge in [0.25, 0.3) is 0 Å². The summed E-state index contributed by atoms with van der Waals surface area (Å²) in [6.45, 7) is 1.80. The van der Waals surface area contributed by atoms with Crippen LogP contribution < -0.4 is 16.0 Å². The molecule has 4 N–H and O–H groups in total. The first-order valence-corrected chi connectivity index (χ1v) is 11.6. The van der Waals surface area contributed by atoms with E-state index in [0.717, 1.165) is 43.9 Å². The second kappa shape index (κ2) is 7.67. The van der Waals surface area contributed by atoms with E-state index >= 15 is 0 Å². The predicted molar refractivity (Wildman–Crippen MR) is 130 cm³/mol. The molecule has 1 saturated heterocycles. The van der Waals surface area contributed by atoms with Crippen LogP contribution in [0.1, 0.15) is 30.0 Å². The Bertz CT molecular complexity index is 1340. The number of fused-ring (bicyclic) bond motifs is 2. The average Bonchev–Trinajstić information content (AvgIpc) is 3.39. The SMILES string of the molecule is CNc1nccc(-c2cnc3nc(N4CCC5(CC4)Cc4ccccc4[C@H]5N)[nH]c3n2)c1Cl. The van der Waals surface area contributed by atoms with Crippen molar-refractivity contribution in [3.63, 3.8) is 0 Å². The van der Waals surface area contributed by atoms with Gasteiger partial charge in [0.2, 0.25) is 5.95 Å². The summed E-state index contributed by atoms with van der Waals surface area (Å²) in [5.41, 5.74) is 12.3. The Balaban J connectivity index is 1.24. The Morgan fingerprint density at radius 2 is 1.97 bits per heavy atom.